The maximum Gasteiger partial charge on any atom is 0.238 e. The molecule has 0 saturated carbocycles. The second-order valence-corrected chi connectivity index (χ2v) is 9.51. The molecule has 1 saturated heterocycles. The fourth-order valence-corrected chi connectivity index (χ4v) is 4.83. The Labute approximate surface area is 242 Å². The first kappa shape index (κ1) is 32.0. The van der Waals surface area contributed by atoms with Crippen LogP contribution in [0.5, 0.6) is 0 Å². The van der Waals surface area contributed by atoms with E-state index >= 15 is 0 Å². The number of halogens is 2. The van der Waals surface area contributed by atoms with Crippen molar-refractivity contribution in [3.63, 3.8) is 0 Å². The molecule has 1 aliphatic heterocycles. The van der Waals surface area contributed by atoms with E-state index < -0.39 is 0 Å². The van der Waals surface area contributed by atoms with E-state index in [1.807, 2.05) is 56.3 Å². The Kier molecular flexibility index (Phi) is 12.2. The predicted octanol–water partition coefficient (Wildman–Crippen LogP) is 5.14. The van der Waals surface area contributed by atoms with Crippen LogP contribution in [-0.2, 0) is 11.3 Å². The predicted molar refractivity (Wildman–Crippen MR) is 164 cm³/mol. The van der Waals surface area contributed by atoms with Crippen molar-refractivity contribution in [1.82, 2.24) is 19.8 Å². The normalized spacial score (nSPS) is 13.5. The van der Waals surface area contributed by atoms with Crippen molar-refractivity contribution in [3.05, 3.63) is 95.8 Å². The van der Waals surface area contributed by atoms with Crippen molar-refractivity contribution in [3.8, 4) is 22.5 Å². The zero-order chi connectivity index (χ0) is 24.9. The quantitative estimate of drug-likeness (QED) is 0.322. The Balaban J connectivity index is 0.00000178. The van der Waals surface area contributed by atoms with Crippen LogP contribution in [0.1, 0.15) is 17.0 Å². The lowest BCUT2D eigenvalue weighted by atomic mass is 10.1. The zero-order valence-corrected chi connectivity index (χ0v) is 23.9. The lowest BCUT2D eigenvalue weighted by Crippen LogP contribution is -2.48. The van der Waals surface area contributed by atoms with Gasteiger partial charge in [-0.05, 0) is 25.0 Å². The maximum absolute atomic E-state index is 12.7. The molecule has 7 nitrogen and oxygen atoms in total. The smallest absolute Gasteiger partial charge is 0.238 e. The van der Waals surface area contributed by atoms with Gasteiger partial charge in [-0.25, -0.2) is 4.98 Å². The number of aromatic nitrogens is 2. The summed E-state index contributed by atoms with van der Waals surface area (Å²) in [6.07, 6.45) is 0. The van der Waals surface area contributed by atoms with Crippen LogP contribution in [0.2, 0.25) is 0 Å². The average Bonchev–Trinajstić information content (AvgIpc) is 3.32. The number of hydrogen-bond donors (Lipinski definition) is 2. The van der Waals surface area contributed by atoms with Crippen LogP contribution in [0.25, 0.3) is 22.5 Å². The number of nitrogens with one attached hydrogen (secondary N) is 2. The van der Waals surface area contributed by atoms with Crippen molar-refractivity contribution >= 4 is 36.4 Å². The Bertz CT molecular complexity index is 1250. The van der Waals surface area contributed by atoms with Gasteiger partial charge < -0.3 is 15.8 Å². The number of aryl methyl sites for hydroxylation is 2. The summed E-state index contributed by atoms with van der Waals surface area (Å²) < 4.78 is 0. The molecule has 4 aromatic rings. The summed E-state index contributed by atoms with van der Waals surface area (Å²) in [6.45, 7) is 8.76. The molecule has 2 heterocycles. The highest BCUT2D eigenvalue weighted by Gasteiger charge is 2.22. The topological polar surface area (TPSA) is 95.8 Å². The molecular weight excluding hydrogens is 533 g/mol. The first-order chi connectivity index (χ1) is 17.6. The summed E-state index contributed by atoms with van der Waals surface area (Å²) in [7, 11) is 0. The van der Waals surface area contributed by atoms with Gasteiger partial charge >= 0.3 is 0 Å². The summed E-state index contributed by atoms with van der Waals surface area (Å²) in [5.74, 6) is 1.01. The van der Waals surface area contributed by atoms with E-state index in [-0.39, 0.29) is 36.2 Å². The van der Waals surface area contributed by atoms with Gasteiger partial charge in [-0.2, -0.15) is 0 Å². The van der Waals surface area contributed by atoms with Gasteiger partial charge in [0.25, 0.3) is 0 Å². The van der Waals surface area contributed by atoms with Crippen LogP contribution in [0, 0.1) is 13.8 Å². The van der Waals surface area contributed by atoms with Crippen LogP contribution < -0.4 is 5.32 Å². The zero-order valence-electron chi connectivity index (χ0n) is 22.3. The first-order valence-corrected chi connectivity index (χ1v) is 12.6. The fraction of sp³-hybridized carbons (Fsp3) is 0.267. The number of anilines is 1. The van der Waals surface area contributed by atoms with Crippen molar-refractivity contribution in [2.24, 2.45) is 0 Å². The van der Waals surface area contributed by atoms with Gasteiger partial charge in [-0.1, -0.05) is 78.9 Å². The first-order valence-electron chi connectivity index (χ1n) is 12.6. The number of H-pyrrole nitrogens is 1. The Morgan fingerprint density at radius 3 is 1.92 bits per heavy atom. The molecule has 0 spiro atoms. The second-order valence-electron chi connectivity index (χ2n) is 9.51. The van der Waals surface area contributed by atoms with Crippen LogP contribution in [0.4, 0.5) is 5.69 Å². The SMILES string of the molecule is Cc1cccc(C)c1NC(=O)CN1CCN(Cc2nc(-c3ccccc3)c(-c3ccccc3)[nH]2)CC1.Cl.Cl.O. The number of benzene rings is 3. The third kappa shape index (κ3) is 7.91. The molecule has 9 heteroatoms. The van der Waals surface area contributed by atoms with E-state index in [9.17, 15) is 4.79 Å². The van der Waals surface area contributed by atoms with Crippen molar-refractivity contribution < 1.29 is 10.3 Å². The van der Waals surface area contributed by atoms with Crippen LogP contribution in [-0.4, -0.2) is 63.9 Å². The molecule has 39 heavy (non-hydrogen) atoms. The molecule has 0 unspecified atom stereocenters. The number of imidazole rings is 1. The number of aromatic amines is 1. The van der Waals surface area contributed by atoms with Crippen molar-refractivity contribution in [1.29, 1.82) is 0 Å². The number of rotatable bonds is 7. The molecule has 1 amide bonds. The van der Waals surface area contributed by atoms with Gasteiger partial charge in [-0.15, -0.1) is 24.8 Å². The van der Waals surface area contributed by atoms with E-state index in [2.05, 4.69) is 56.5 Å². The lowest BCUT2D eigenvalue weighted by molar-refractivity contribution is -0.117. The molecule has 0 aliphatic carbocycles. The largest absolute Gasteiger partial charge is 0.412 e. The van der Waals surface area contributed by atoms with Gasteiger partial charge in [0.05, 0.1) is 24.5 Å². The Morgan fingerprint density at radius 1 is 0.795 bits per heavy atom. The molecule has 0 radical (unpaired) electrons. The van der Waals surface area contributed by atoms with Gasteiger partial charge in [-0.3, -0.25) is 14.6 Å². The number of para-hydroxylation sites is 1. The molecule has 1 aliphatic rings. The van der Waals surface area contributed by atoms with E-state index in [0.29, 0.717) is 6.54 Å². The van der Waals surface area contributed by atoms with Gasteiger partial charge in [0.2, 0.25) is 5.91 Å². The molecule has 0 atom stereocenters. The standard InChI is InChI=1S/C30H33N5O.2ClH.H2O/c1-22-10-9-11-23(2)28(22)33-27(36)21-35-18-16-34(17-19-35)20-26-31-29(24-12-5-3-6-13-24)30(32-26)25-14-7-4-8-15-25;;;/h3-15H,16-21H2,1-2H3,(H,31,32)(H,33,36);2*1H;1H2. The highest BCUT2D eigenvalue weighted by atomic mass is 35.5. The van der Waals surface area contributed by atoms with Crippen LogP contribution in [0.15, 0.2) is 78.9 Å². The minimum absolute atomic E-state index is 0. The molecule has 208 valence electrons. The molecule has 0 bridgehead atoms. The van der Waals surface area contributed by atoms with E-state index in [1.54, 1.807) is 0 Å². The second kappa shape index (κ2) is 14.8. The summed E-state index contributed by atoms with van der Waals surface area (Å²) in [4.78, 5) is 25.9. The number of amides is 1. The van der Waals surface area contributed by atoms with Crippen molar-refractivity contribution in [2.75, 3.05) is 38.0 Å². The highest BCUT2D eigenvalue weighted by Crippen LogP contribution is 2.30. The summed E-state index contributed by atoms with van der Waals surface area (Å²) in [5.41, 5.74) is 7.40. The lowest BCUT2D eigenvalue weighted by Gasteiger charge is -2.33. The third-order valence-electron chi connectivity index (χ3n) is 6.81. The van der Waals surface area contributed by atoms with E-state index in [0.717, 1.165) is 77.9 Å². The maximum atomic E-state index is 12.7. The minimum atomic E-state index is 0. The van der Waals surface area contributed by atoms with Crippen molar-refractivity contribution in [2.45, 2.75) is 20.4 Å². The number of carbonyl (C=O) groups excluding carboxylic acids is 1. The average molecular weight is 571 g/mol. The summed E-state index contributed by atoms with van der Waals surface area (Å²) >= 11 is 0. The van der Waals surface area contributed by atoms with Crippen LogP contribution >= 0.6 is 24.8 Å². The third-order valence-corrected chi connectivity index (χ3v) is 6.81. The minimum Gasteiger partial charge on any atom is -0.412 e. The highest BCUT2D eigenvalue weighted by molar-refractivity contribution is 5.93. The molecule has 5 rings (SSSR count). The molecular formula is C30H37Cl2N5O2. The van der Waals surface area contributed by atoms with Gasteiger partial charge in [0.15, 0.2) is 0 Å². The molecule has 3 aromatic carbocycles. The van der Waals surface area contributed by atoms with Crippen LogP contribution in [0.3, 0.4) is 0 Å². The number of piperazine rings is 1. The molecule has 4 N–H and O–H groups in total. The number of carbonyl (C=O) groups is 1. The van der Waals surface area contributed by atoms with Gasteiger partial charge in [0.1, 0.15) is 5.82 Å². The summed E-state index contributed by atoms with van der Waals surface area (Å²) in [5, 5.41) is 3.11. The van der Waals surface area contributed by atoms with E-state index in [1.165, 1.54) is 0 Å². The number of nitrogens with zero attached hydrogens (tertiary/aromatic N) is 3. The molecule has 1 aromatic heterocycles. The van der Waals surface area contributed by atoms with Gasteiger partial charge in [0, 0.05) is 43.0 Å². The fourth-order valence-electron chi connectivity index (χ4n) is 4.83. The summed E-state index contributed by atoms with van der Waals surface area (Å²) in [6, 6.07) is 26.8. The Hall–Kier alpha value is -3.20. The Morgan fingerprint density at radius 2 is 1.33 bits per heavy atom. The van der Waals surface area contributed by atoms with E-state index in [4.69, 9.17) is 4.98 Å². The number of hydrogen-bond acceptors (Lipinski definition) is 4. The molecule has 1 fully saturated rings. The monoisotopic (exact) mass is 569 g/mol.